The number of rotatable bonds is 6. The Hall–Kier alpha value is -2.71. The van der Waals surface area contributed by atoms with Crippen molar-refractivity contribution in [1.82, 2.24) is 15.6 Å². The van der Waals surface area contributed by atoms with Gasteiger partial charge in [-0.2, -0.15) is 0 Å². The van der Waals surface area contributed by atoms with Crippen LogP contribution in [0.1, 0.15) is 13.3 Å². The number of non-ortho nitro benzene ring substituents is 1. The predicted molar refractivity (Wildman–Crippen MR) is 70.2 cm³/mol. The quantitative estimate of drug-likeness (QED) is 0.598. The molecule has 0 fully saturated rings. The molecule has 0 radical (unpaired) electrons. The SMILES string of the molecule is CCCNC(=O)CNc1ccc([N+](=O)[O-])c2nonc12. The number of fused-ring (bicyclic) bond motifs is 1. The second kappa shape index (κ2) is 5.95. The Labute approximate surface area is 113 Å². The Bertz CT molecular complexity index is 639. The number of carbonyl (C=O) groups excluding carboxylic acids is 1. The lowest BCUT2D eigenvalue weighted by Crippen LogP contribution is -2.30. The minimum absolute atomic E-state index is 0.0414. The standard InChI is InChI=1S/C11H13N5O4/c1-2-5-12-9(17)6-13-7-3-4-8(16(18)19)11-10(7)14-20-15-11/h3-4,13H,2,5-6H2,1H3,(H,12,17). The lowest BCUT2D eigenvalue weighted by Gasteiger charge is -2.06. The molecule has 0 aliphatic rings. The molecule has 20 heavy (non-hydrogen) atoms. The van der Waals surface area contributed by atoms with E-state index in [1.165, 1.54) is 12.1 Å². The summed E-state index contributed by atoms with van der Waals surface area (Å²) in [4.78, 5) is 21.7. The summed E-state index contributed by atoms with van der Waals surface area (Å²) in [5.74, 6) is -0.171. The number of benzene rings is 1. The van der Waals surface area contributed by atoms with E-state index in [9.17, 15) is 14.9 Å². The molecule has 0 unspecified atom stereocenters. The molecule has 0 aliphatic carbocycles. The second-order valence-corrected chi connectivity index (χ2v) is 4.05. The van der Waals surface area contributed by atoms with Gasteiger partial charge in [0.05, 0.1) is 17.2 Å². The number of nitro benzene ring substituents is 1. The molecule has 0 saturated carbocycles. The van der Waals surface area contributed by atoms with E-state index in [1.807, 2.05) is 6.92 Å². The van der Waals surface area contributed by atoms with Gasteiger partial charge in [0, 0.05) is 12.6 Å². The van der Waals surface area contributed by atoms with E-state index < -0.39 is 4.92 Å². The van der Waals surface area contributed by atoms with E-state index >= 15 is 0 Å². The maximum atomic E-state index is 11.5. The van der Waals surface area contributed by atoms with Crippen molar-refractivity contribution in [3.63, 3.8) is 0 Å². The van der Waals surface area contributed by atoms with Crippen LogP contribution in [0.3, 0.4) is 0 Å². The van der Waals surface area contributed by atoms with Crippen LogP contribution in [0.4, 0.5) is 11.4 Å². The molecule has 1 aromatic carbocycles. The van der Waals surface area contributed by atoms with Gasteiger partial charge in [0.2, 0.25) is 11.4 Å². The zero-order chi connectivity index (χ0) is 14.5. The zero-order valence-electron chi connectivity index (χ0n) is 10.8. The van der Waals surface area contributed by atoms with Crippen LogP contribution >= 0.6 is 0 Å². The van der Waals surface area contributed by atoms with Crippen LogP contribution in [-0.4, -0.2) is 34.2 Å². The molecular weight excluding hydrogens is 266 g/mol. The number of nitrogens with zero attached hydrogens (tertiary/aromatic N) is 3. The van der Waals surface area contributed by atoms with Crippen LogP contribution in [-0.2, 0) is 4.79 Å². The highest BCUT2D eigenvalue weighted by Crippen LogP contribution is 2.28. The summed E-state index contributed by atoms with van der Waals surface area (Å²) in [6.07, 6.45) is 0.848. The molecule has 0 aliphatic heterocycles. The summed E-state index contributed by atoms with van der Waals surface area (Å²) in [5, 5.41) is 23.5. The fraction of sp³-hybridized carbons (Fsp3) is 0.364. The highest BCUT2D eigenvalue weighted by molar-refractivity contribution is 5.94. The smallest absolute Gasteiger partial charge is 0.300 e. The number of amides is 1. The van der Waals surface area contributed by atoms with Gasteiger partial charge in [-0.25, -0.2) is 4.63 Å². The van der Waals surface area contributed by atoms with Crippen LogP contribution < -0.4 is 10.6 Å². The highest BCUT2D eigenvalue weighted by atomic mass is 16.6. The molecule has 0 spiro atoms. The van der Waals surface area contributed by atoms with Crippen molar-refractivity contribution in [1.29, 1.82) is 0 Å². The fourth-order valence-electron chi connectivity index (χ4n) is 1.65. The van der Waals surface area contributed by atoms with Gasteiger partial charge >= 0.3 is 5.69 Å². The molecule has 2 aromatic rings. The minimum atomic E-state index is -0.565. The third kappa shape index (κ3) is 2.82. The Kier molecular flexibility index (Phi) is 4.08. The Morgan fingerprint density at radius 2 is 2.15 bits per heavy atom. The summed E-state index contributed by atoms with van der Waals surface area (Å²) >= 11 is 0. The van der Waals surface area contributed by atoms with Crippen molar-refractivity contribution in [2.75, 3.05) is 18.4 Å². The van der Waals surface area contributed by atoms with E-state index in [2.05, 4.69) is 25.6 Å². The summed E-state index contributed by atoms with van der Waals surface area (Å²) < 4.78 is 4.52. The number of aromatic nitrogens is 2. The molecule has 0 atom stereocenters. The van der Waals surface area contributed by atoms with Crippen molar-refractivity contribution in [2.45, 2.75) is 13.3 Å². The summed E-state index contributed by atoms with van der Waals surface area (Å²) in [7, 11) is 0. The monoisotopic (exact) mass is 279 g/mol. The van der Waals surface area contributed by atoms with Gasteiger partial charge in [-0.1, -0.05) is 6.92 Å². The first-order chi connectivity index (χ1) is 9.63. The third-order valence-corrected chi connectivity index (χ3v) is 2.60. The minimum Gasteiger partial charge on any atom is -0.374 e. The lowest BCUT2D eigenvalue weighted by molar-refractivity contribution is -0.383. The molecule has 9 heteroatoms. The first kappa shape index (κ1) is 13.7. The normalized spacial score (nSPS) is 10.4. The van der Waals surface area contributed by atoms with Crippen LogP contribution in [0, 0.1) is 10.1 Å². The van der Waals surface area contributed by atoms with Crippen LogP contribution in [0.2, 0.25) is 0 Å². The molecule has 0 bridgehead atoms. The molecule has 1 amide bonds. The van der Waals surface area contributed by atoms with Gasteiger partial charge in [-0.3, -0.25) is 14.9 Å². The molecule has 9 nitrogen and oxygen atoms in total. The zero-order valence-corrected chi connectivity index (χ0v) is 10.8. The summed E-state index contributed by atoms with van der Waals surface area (Å²) in [6, 6.07) is 2.76. The predicted octanol–water partition coefficient (Wildman–Crippen LogP) is 1.07. The number of anilines is 1. The topological polar surface area (TPSA) is 123 Å². The molecular formula is C11H13N5O4. The van der Waals surface area contributed by atoms with Crippen molar-refractivity contribution < 1.29 is 14.3 Å². The first-order valence-electron chi connectivity index (χ1n) is 6.03. The summed E-state index contributed by atoms with van der Waals surface area (Å²) in [5.41, 5.74) is 0.539. The van der Waals surface area contributed by atoms with Crippen LogP contribution in [0.15, 0.2) is 16.8 Å². The van der Waals surface area contributed by atoms with E-state index in [4.69, 9.17) is 0 Å². The maximum absolute atomic E-state index is 11.5. The van der Waals surface area contributed by atoms with Gasteiger partial charge in [0.1, 0.15) is 0 Å². The number of hydrogen-bond acceptors (Lipinski definition) is 7. The molecule has 2 N–H and O–H groups in total. The Morgan fingerprint density at radius 1 is 1.40 bits per heavy atom. The number of nitrogens with one attached hydrogen (secondary N) is 2. The van der Waals surface area contributed by atoms with Crippen LogP contribution in [0.5, 0.6) is 0 Å². The van der Waals surface area contributed by atoms with Gasteiger partial charge in [0.15, 0.2) is 5.52 Å². The van der Waals surface area contributed by atoms with E-state index in [-0.39, 0.29) is 29.2 Å². The van der Waals surface area contributed by atoms with E-state index in [1.54, 1.807) is 0 Å². The third-order valence-electron chi connectivity index (χ3n) is 2.60. The Balaban J connectivity index is 2.15. The molecule has 2 rings (SSSR count). The van der Waals surface area contributed by atoms with Gasteiger partial charge in [-0.05, 0) is 22.8 Å². The first-order valence-corrected chi connectivity index (χ1v) is 6.03. The number of nitro groups is 1. The molecule has 106 valence electrons. The average Bonchev–Trinajstić information content (AvgIpc) is 2.91. The largest absolute Gasteiger partial charge is 0.374 e. The average molecular weight is 279 g/mol. The van der Waals surface area contributed by atoms with Gasteiger partial charge in [-0.15, -0.1) is 0 Å². The van der Waals surface area contributed by atoms with E-state index in [0.29, 0.717) is 12.2 Å². The molecule has 1 aromatic heterocycles. The fourth-order valence-corrected chi connectivity index (χ4v) is 1.65. The van der Waals surface area contributed by atoms with E-state index in [0.717, 1.165) is 6.42 Å². The van der Waals surface area contributed by atoms with Gasteiger partial charge in [0.25, 0.3) is 0 Å². The maximum Gasteiger partial charge on any atom is 0.300 e. The Morgan fingerprint density at radius 3 is 2.85 bits per heavy atom. The number of carbonyl (C=O) groups is 1. The van der Waals surface area contributed by atoms with Crippen molar-refractivity contribution in [3.8, 4) is 0 Å². The highest BCUT2D eigenvalue weighted by Gasteiger charge is 2.19. The second-order valence-electron chi connectivity index (χ2n) is 4.05. The van der Waals surface area contributed by atoms with Crippen molar-refractivity contribution in [3.05, 3.63) is 22.2 Å². The van der Waals surface area contributed by atoms with Crippen molar-refractivity contribution >= 4 is 28.3 Å². The molecule has 0 saturated heterocycles. The van der Waals surface area contributed by atoms with Crippen molar-refractivity contribution in [2.24, 2.45) is 0 Å². The van der Waals surface area contributed by atoms with Crippen LogP contribution in [0.25, 0.3) is 11.0 Å². The lowest BCUT2D eigenvalue weighted by atomic mass is 10.2. The molecule has 1 heterocycles. The number of hydrogen-bond donors (Lipinski definition) is 2. The summed E-state index contributed by atoms with van der Waals surface area (Å²) in [6.45, 7) is 2.59. The van der Waals surface area contributed by atoms with Gasteiger partial charge < -0.3 is 10.6 Å².